The van der Waals surface area contributed by atoms with Gasteiger partial charge in [0.25, 0.3) is 0 Å². The fraction of sp³-hybridized carbons (Fsp3) is 0.688. The van der Waals surface area contributed by atoms with Crippen molar-refractivity contribution in [1.29, 1.82) is 0 Å². The van der Waals surface area contributed by atoms with Gasteiger partial charge in [-0.05, 0) is 69.0 Å². The van der Waals surface area contributed by atoms with Crippen LogP contribution in [0.1, 0.15) is 58.3 Å². The monoisotopic (exact) mass is 404 g/mol. The van der Waals surface area contributed by atoms with Crippen LogP contribution in [-0.4, -0.2) is 21.2 Å². The van der Waals surface area contributed by atoms with E-state index in [4.69, 9.17) is 0 Å². The summed E-state index contributed by atoms with van der Waals surface area (Å²) in [6.07, 6.45) is 4.28. The van der Waals surface area contributed by atoms with Crippen molar-refractivity contribution in [2.45, 2.75) is 63.7 Å². The molecule has 3 nitrogen and oxygen atoms in total. The van der Waals surface area contributed by atoms with Gasteiger partial charge in [0.1, 0.15) is 0 Å². The van der Waals surface area contributed by atoms with Crippen molar-refractivity contribution in [3.63, 3.8) is 0 Å². The molecule has 1 aromatic heterocycles. The second kappa shape index (κ2) is 7.24. The van der Waals surface area contributed by atoms with Gasteiger partial charge in [0.05, 0.1) is 21.3 Å². The molecule has 2 rings (SSSR count). The molecule has 1 N–H and O–H groups in total. The van der Waals surface area contributed by atoms with Crippen LogP contribution in [0.4, 0.5) is 0 Å². The molecular weight excluding hydrogens is 380 g/mol. The van der Waals surface area contributed by atoms with E-state index in [0.717, 1.165) is 23.9 Å². The standard InChI is InChI=1S/C16H25BrN2OS2/c1-15(2,3)22(20)19-16(4,14-9-12(17)11-21-14)10-13-7-5-6-8-18-13/h9,11,19H,5-8,10H2,1-4H3/t16-,22?/m0/s1. The lowest BCUT2D eigenvalue weighted by Crippen LogP contribution is -2.47. The molecule has 2 heterocycles. The normalized spacial score (nSPS) is 20.3. The van der Waals surface area contributed by atoms with Crippen LogP contribution >= 0.6 is 27.3 Å². The van der Waals surface area contributed by atoms with E-state index in [2.05, 4.69) is 44.0 Å². The minimum atomic E-state index is -1.12. The number of aliphatic imine (C=N–C) groups is 1. The lowest BCUT2D eigenvalue weighted by Gasteiger charge is -2.33. The zero-order valence-corrected chi connectivity index (χ0v) is 17.0. The smallest absolute Gasteiger partial charge is 0.0978 e. The SMILES string of the molecule is CC(C)(C)S(=O)N[C@@](C)(CC1=NCCCC1)c1cc(Br)cs1. The van der Waals surface area contributed by atoms with Gasteiger partial charge in [-0.25, -0.2) is 8.93 Å². The van der Waals surface area contributed by atoms with Crippen molar-refractivity contribution < 1.29 is 4.21 Å². The summed E-state index contributed by atoms with van der Waals surface area (Å²) in [6, 6.07) is 2.13. The molecule has 0 radical (unpaired) electrons. The lowest BCUT2D eigenvalue weighted by molar-refractivity contribution is 0.461. The second-order valence-corrected chi connectivity index (χ2v) is 10.8. The van der Waals surface area contributed by atoms with E-state index in [0.29, 0.717) is 0 Å². The van der Waals surface area contributed by atoms with E-state index in [9.17, 15) is 4.21 Å². The number of hydrogen-bond acceptors (Lipinski definition) is 3. The molecule has 1 aliphatic rings. The van der Waals surface area contributed by atoms with Gasteiger partial charge in [0.15, 0.2) is 0 Å². The average Bonchev–Trinajstić information content (AvgIpc) is 2.86. The van der Waals surface area contributed by atoms with Crippen LogP contribution < -0.4 is 4.72 Å². The highest BCUT2D eigenvalue weighted by Gasteiger charge is 2.35. The number of thiophene rings is 1. The van der Waals surface area contributed by atoms with Crippen molar-refractivity contribution in [1.82, 2.24) is 4.72 Å². The molecule has 0 bridgehead atoms. The fourth-order valence-electron chi connectivity index (χ4n) is 2.44. The Morgan fingerprint density at radius 2 is 2.09 bits per heavy atom. The maximum absolute atomic E-state index is 12.7. The summed E-state index contributed by atoms with van der Waals surface area (Å²) >= 11 is 5.23. The van der Waals surface area contributed by atoms with Crippen molar-refractivity contribution >= 4 is 44.0 Å². The summed E-state index contributed by atoms with van der Waals surface area (Å²) in [5, 5.41) is 2.08. The summed E-state index contributed by atoms with van der Waals surface area (Å²) in [5.74, 6) is 0. The molecule has 0 saturated carbocycles. The van der Waals surface area contributed by atoms with E-state index >= 15 is 0 Å². The Bertz CT molecular complexity index is 577. The first kappa shape index (κ1) is 18.3. The van der Waals surface area contributed by atoms with Crippen molar-refractivity contribution in [3.8, 4) is 0 Å². The van der Waals surface area contributed by atoms with Crippen LogP contribution in [0.25, 0.3) is 0 Å². The first-order valence-corrected chi connectivity index (χ1v) is 10.5. The first-order chi connectivity index (χ1) is 10.2. The molecule has 1 aromatic rings. The maximum atomic E-state index is 12.7. The topological polar surface area (TPSA) is 41.5 Å². The summed E-state index contributed by atoms with van der Waals surface area (Å²) in [5.41, 5.74) is 0.905. The van der Waals surface area contributed by atoms with Gasteiger partial charge in [-0.15, -0.1) is 11.3 Å². The number of hydrogen-bond donors (Lipinski definition) is 1. The third-order valence-corrected chi connectivity index (χ3v) is 7.46. The minimum absolute atomic E-state index is 0.288. The first-order valence-electron chi connectivity index (χ1n) is 7.67. The third-order valence-electron chi connectivity index (χ3n) is 3.75. The fourth-order valence-corrected chi connectivity index (χ4v) is 4.95. The molecule has 22 heavy (non-hydrogen) atoms. The van der Waals surface area contributed by atoms with E-state index in [1.54, 1.807) is 11.3 Å². The summed E-state index contributed by atoms with van der Waals surface area (Å²) in [7, 11) is -1.12. The van der Waals surface area contributed by atoms with Crippen LogP contribution in [0.2, 0.25) is 0 Å². The van der Waals surface area contributed by atoms with Crippen LogP contribution in [-0.2, 0) is 16.5 Å². The van der Waals surface area contributed by atoms with Crippen LogP contribution in [0.15, 0.2) is 20.9 Å². The number of nitrogens with one attached hydrogen (secondary N) is 1. The molecule has 0 aromatic carbocycles. The van der Waals surface area contributed by atoms with Gasteiger partial charge in [-0.2, -0.15) is 0 Å². The molecular formula is C16H25BrN2OS2. The predicted octanol–water partition coefficient (Wildman–Crippen LogP) is 4.79. The molecule has 0 fully saturated rings. The molecule has 0 amide bonds. The molecule has 1 unspecified atom stereocenters. The Morgan fingerprint density at radius 3 is 2.59 bits per heavy atom. The average molecular weight is 405 g/mol. The van der Waals surface area contributed by atoms with Crippen molar-refractivity contribution in [3.05, 3.63) is 20.8 Å². The Balaban J connectivity index is 2.27. The molecule has 0 aliphatic carbocycles. The second-order valence-electron chi connectivity index (χ2n) is 7.03. The summed E-state index contributed by atoms with van der Waals surface area (Å²) < 4.78 is 16.8. The van der Waals surface area contributed by atoms with Crippen molar-refractivity contribution in [2.24, 2.45) is 4.99 Å². The molecule has 1 aliphatic heterocycles. The molecule has 124 valence electrons. The Labute approximate surface area is 148 Å². The zero-order valence-electron chi connectivity index (χ0n) is 13.7. The van der Waals surface area contributed by atoms with Gasteiger partial charge in [0.2, 0.25) is 0 Å². The van der Waals surface area contributed by atoms with E-state index < -0.39 is 11.0 Å². The van der Waals surface area contributed by atoms with Crippen molar-refractivity contribution in [2.75, 3.05) is 6.54 Å². The highest BCUT2D eigenvalue weighted by molar-refractivity contribution is 9.10. The quantitative estimate of drug-likeness (QED) is 0.752. The Morgan fingerprint density at radius 1 is 1.36 bits per heavy atom. The molecule has 0 spiro atoms. The highest BCUT2D eigenvalue weighted by atomic mass is 79.9. The largest absolute Gasteiger partial charge is 0.294 e. The summed E-state index contributed by atoms with van der Waals surface area (Å²) in [6.45, 7) is 9.07. The predicted molar refractivity (Wildman–Crippen MR) is 101 cm³/mol. The maximum Gasteiger partial charge on any atom is 0.0978 e. The van der Waals surface area contributed by atoms with Crippen LogP contribution in [0, 0.1) is 0 Å². The third kappa shape index (κ3) is 4.73. The number of halogens is 1. The Kier molecular flexibility index (Phi) is 6.02. The summed E-state index contributed by atoms with van der Waals surface area (Å²) in [4.78, 5) is 5.89. The molecule has 6 heteroatoms. The molecule has 0 saturated heterocycles. The van der Waals surface area contributed by atoms with Gasteiger partial charge in [-0.3, -0.25) is 4.99 Å². The minimum Gasteiger partial charge on any atom is -0.294 e. The van der Waals surface area contributed by atoms with Gasteiger partial charge < -0.3 is 0 Å². The van der Waals surface area contributed by atoms with E-state index in [-0.39, 0.29) is 10.3 Å². The van der Waals surface area contributed by atoms with Gasteiger partial charge in [0, 0.05) is 33.4 Å². The van der Waals surface area contributed by atoms with Crippen LogP contribution in [0.5, 0.6) is 0 Å². The van der Waals surface area contributed by atoms with Crippen LogP contribution in [0.3, 0.4) is 0 Å². The number of nitrogens with zero attached hydrogens (tertiary/aromatic N) is 1. The van der Waals surface area contributed by atoms with Gasteiger partial charge >= 0.3 is 0 Å². The zero-order chi connectivity index (χ0) is 16.4. The Hall–Kier alpha value is -0.0400. The van der Waals surface area contributed by atoms with E-state index in [1.807, 2.05) is 20.8 Å². The van der Waals surface area contributed by atoms with Gasteiger partial charge in [-0.1, -0.05) is 0 Å². The number of rotatable bonds is 5. The van der Waals surface area contributed by atoms with E-state index in [1.165, 1.54) is 23.4 Å². The highest BCUT2D eigenvalue weighted by Crippen LogP contribution is 2.35. The lowest BCUT2D eigenvalue weighted by atomic mass is 9.91. The molecule has 2 atom stereocenters.